The largest absolute Gasteiger partial charge is 0.504 e. The fourth-order valence-corrected chi connectivity index (χ4v) is 1.33. The zero-order valence-electron chi connectivity index (χ0n) is 8.74. The molecule has 0 spiro atoms. The topological polar surface area (TPSA) is 72.5 Å². The van der Waals surface area contributed by atoms with Gasteiger partial charge in [0.15, 0.2) is 5.75 Å². The molecule has 0 aromatic heterocycles. The van der Waals surface area contributed by atoms with Gasteiger partial charge in [0.05, 0.1) is 17.3 Å². The molecule has 1 aromatic rings. The zero-order valence-corrected chi connectivity index (χ0v) is 9.49. The van der Waals surface area contributed by atoms with Crippen molar-refractivity contribution in [3.63, 3.8) is 0 Å². The molecule has 1 rings (SSSR count). The molecule has 0 saturated heterocycles. The normalized spacial score (nSPS) is 10.6. The summed E-state index contributed by atoms with van der Waals surface area (Å²) in [6.07, 6.45) is 2.78. The van der Waals surface area contributed by atoms with Crippen molar-refractivity contribution >= 4 is 29.3 Å². The third kappa shape index (κ3) is 3.17. The van der Waals surface area contributed by atoms with Crippen LogP contribution in [0.25, 0.3) is 6.08 Å². The van der Waals surface area contributed by atoms with Crippen molar-refractivity contribution in [2.24, 2.45) is 0 Å². The molecule has 4 nitrogen and oxygen atoms in total. The van der Waals surface area contributed by atoms with Crippen LogP contribution in [-0.2, 0) is 9.53 Å². The van der Waals surface area contributed by atoms with Crippen LogP contribution in [0.1, 0.15) is 12.5 Å². The first-order valence-corrected chi connectivity index (χ1v) is 5.05. The number of ether oxygens (including phenoxy) is 1. The minimum absolute atomic E-state index is 0.142. The SMILES string of the molecule is CCOC(=O)C=Cc1cc(N)c(O)c(Cl)c1. The van der Waals surface area contributed by atoms with Crippen molar-refractivity contribution in [2.75, 3.05) is 12.3 Å². The van der Waals surface area contributed by atoms with Gasteiger partial charge in [0.25, 0.3) is 0 Å². The van der Waals surface area contributed by atoms with E-state index in [2.05, 4.69) is 0 Å². The van der Waals surface area contributed by atoms with E-state index in [1.165, 1.54) is 24.3 Å². The van der Waals surface area contributed by atoms with E-state index in [9.17, 15) is 9.90 Å². The first kappa shape index (κ1) is 12.4. The lowest BCUT2D eigenvalue weighted by molar-refractivity contribution is -0.137. The average molecular weight is 242 g/mol. The molecule has 0 atom stereocenters. The van der Waals surface area contributed by atoms with E-state index in [1.807, 2.05) is 0 Å². The van der Waals surface area contributed by atoms with E-state index in [-0.39, 0.29) is 16.5 Å². The highest BCUT2D eigenvalue weighted by Gasteiger charge is 2.04. The number of phenolic OH excluding ortho intramolecular Hbond substituents is 1. The molecule has 16 heavy (non-hydrogen) atoms. The minimum Gasteiger partial charge on any atom is -0.504 e. The van der Waals surface area contributed by atoms with Gasteiger partial charge in [0, 0.05) is 6.08 Å². The third-order valence-corrected chi connectivity index (χ3v) is 2.10. The Balaban J connectivity index is 2.86. The Morgan fingerprint density at radius 2 is 2.31 bits per heavy atom. The Morgan fingerprint density at radius 1 is 1.62 bits per heavy atom. The number of benzene rings is 1. The number of anilines is 1. The van der Waals surface area contributed by atoms with Crippen molar-refractivity contribution in [1.82, 2.24) is 0 Å². The molecule has 0 fully saturated rings. The highest BCUT2D eigenvalue weighted by molar-refractivity contribution is 6.32. The number of halogens is 1. The number of esters is 1. The summed E-state index contributed by atoms with van der Waals surface area (Å²) >= 11 is 5.72. The van der Waals surface area contributed by atoms with Crippen molar-refractivity contribution in [1.29, 1.82) is 0 Å². The van der Waals surface area contributed by atoms with E-state index >= 15 is 0 Å². The van der Waals surface area contributed by atoms with Gasteiger partial charge < -0.3 is 15.6 Å². The molecule has 86 valence electrons. The Morgan fingerprint density at radius 3 is 2.88 bits per heavy atom. The van der Waals surface area contributed by atoms with Gasteiger partial charge in [0.1, 0.15) is 0 Å². The molecule has 0 amide bonds. The number of hydrogen-bond donors (Lipinski definition) is 2. The zero-order chi connectivity index (χ0) is 12.1. The van der Waals surface area contributed by atoms with Crippen molar-refractivity contribution in [3.05, 3.63) is 28.8 Å². The van der Waals surface area contributed by atoms with Gasteiger partial charge in [-0.2, -0.15) is 0 Å². The molecule has 0 aliphatic carbocycles. The third-order valence-electron chi connectivity index (χ3n) is 1.81. The van der Waals surface area contributed by atoms with Crippen LogP contribution in [0.4, 0.5) is 5.69 Å². The lowest BCUT2D eigenvalue weighted by atomic mass is 10.1. The molecule has 0 bridgehead atoms. The first-order chi connectivity index (χ1) is 7.54. The van der Waals surface area contributed by atoms with Gasteiger partial charge in [-0.3, -0.25) is 0 Å². The maximum absolute atomic E-state index is 11.0. The standard InChI is InChI=1S/C11H12ClNO3/c1-2-16-10(14)4-3-7-5-8(12)11(15)9(13)6-7/h3-6,15H,2,13H2,1H3. The van der Waals surface area contributed by atoms with Gasteiger partial charge >= 0.3 is 5.97 Å². The van der Waals surface area contributed by atoms with Crippen molar-refractivity contribution in [2.45, 2.75) is 6.92 Å². The second kappa shape index (κ2) is 5.42. The lowest BCUT2D eigenvalue weighted by Gasteiger charge is -2.02. The molecule has 0 radical (unpaired) electrons. The number of nitrogens with two attached hydrogens (primary N) is 1. The molecule has 0 aliphatic rings. The van der Waals surface area contributed by atoms with Gasteiger partial charge in [-0.1, -0.05) is 11.6 Å². The predicted octanol–water partition coefficient (Wildman–Crippen LogP) is 2.20. The molecular formula is C11H12ClNO3. The van der Waals surface area contributed by atoms with Crippen LogP contribution >= 0.6 is 11.6 Å². The number of rotatable bonds is 3. The second-order valence-electron chi connectivity index (χ2n) is 3.03. The number of hydrogen-bond acceptors (Lipinski definition) is 4. The quantitative estimate of drug-likeness (QED) is 0.368. The van der Waals surface area contributed by atoms with E-state index in [0.29, 0.717) is 12.2 Å². The van der Waals surface area contributed by atoms with Crippen molar-refractivity contribution in [3.8, 4) is 5.75 Å². The molecule has 0 heterocycles. The fraction of sp³-hybridized carbons (Fsp3) is 0.182. The van der Waals surface area contributed by atoms with Crippen molar-refractivity contribution < 1.29 is 14.6 Å². The fourth-order valence-electron chi connectivity index (χ4n) is 1.09. The van der Waals surface area contributed by atoms with Gasteiger partial charge in [-0.05, 0) is 30.7 Å². The maximum Gasteiger partial charge on any atom is 0.330 e. The molecule has 3 N–H and O–H groups in total. The molecule has 0 unspecified atom stereocenters. The van der Waals surface area contributed by atoms with Crippen LogP contribution in [0, 0.1) is 0 Å². The summed E-state index contributed by atoms with van der Waals surface area (Å²) < 4.78 is 4.71. The van der Waals surface area contributed by atoms with Crippen LogP contribution < -0.4 is 5.73 Å². The second-order valence-corrected chi connectivity index (χ2v) is 3.43. The van der Waals surface area contributed by atoms with E-state index in [0.717, 1.165) is 0 Å². The maximum atomic E-state index is 11.0. The summed E-state index contributed by atoms with van der Waals surface area (Å²) in [5.41, 5.74) is 6.28. The highest BCUT2D eigenvalue weighted by Crippen LogP contribution is 2.31. The highest BCUT2D eigenvalue weighted by atomic mass is 35.5. The number of phenols is 1. The van der Waals surface area contributed by atoms with Crippen LogP contribution in [-0.4, -0.2) is 17.7 Å². The average Bonchev–Trinajstić information content (AvgIpc) is 2.23. The van der Waals surface area contributed by atoms with Crippen LogP contribution in [0.5, 0.6) is 5.75 Å². The van der Waals surface area contributed by atoms with Gasteiger partial charge in [-0.25, -0.2) is 4.79 Å². The summed E-state index contributed by atoms with van der Waals surface area (Å²) in [6, 6.07) is 3.01. The van der Waals surface area contributed by atoms with E-state index in [1.54, 1.807) is 6.92 Å². The Bertz CT molecular complexity index is 406. The summed E-state index contributed by atoms with van der Waals surface area (Å²) in [4.78, 5) is 11.0. The Hall–Kier alpha value is -1.68. The summed E-state index contributed by atoms with van der Waals surface area (Å²) in [6.45, 7) is 2.04. The van der Waals surface area contributed by atoms with Crippen LogP contribution in [0.3, 0.4) is 0 Å². The molecule has 1 aromatic carbocycles. The van der Waals surface area contributed by atoms with Crippen LogP contribution in [0.2, 0.25) is 5.02 Å². The number of nitrogen functional groups attached to an aromatic ring is 1. The van der Waals surface area contributed by atoms with E-state index < -0.39 is 5.97 Å². The summed E-state index contributed by atoms with van der Waals surface area (Å²) in [5.74, 6) is -0.597. The predicted molar refractivity (Wildman–Crippen MR) is 63.2 cm³/mol. The first-order valence-electron chi connectivity index (χ1n) is 4.67. The minimum atomic E-state index is -0.440. The Labute approximate surface area is 98.3 Å². The lowest BCUT2D eigenvalue weighted by Crippen LogP contribution is -1.98. The number of aromatic hydroxyl groups is 1. The molecular weight excluding hydrogens is 230 g/mol. The number of carbonyl (C=O) groups excluding carboxylic acids is 1. The summed E-state index contributed by atoms with van der Waals surface area (Å²) in [7, 11) is 0. The smallest absolute Gasteiger partial charge is 0.330 e. The number of carbonyl (C=O) groups is 1. The summed E-state index contributed by atoms with van der Waals surface area (Å²) in [5, 5.41) is 9.46. The Kier molecular flexibility index (Phi) is 4.19. The molecule has 0 aliphatic heterocycles. The van der Waals surface area contributed by atoms with Crippen LogP contribution in [0.15, 0.2) is 18.2 Å². The van der Waals surface area contributed by atoms with E-state index in [4.69, 9.17) is 22.1 Å². The van der Waals surface area contributed by atoms with Gasteiger partial charge in [0.2, 0.25) is 0 Å². The van der Waals surface area contributed by atoms with Gasteiger partial charge in [-0.15, -0.1) is 0 Å². The monoisotopic (exact) mass is 241 g/mol. The molecule has 5 heteroatoms. The molecule has 0 saturated carbocycles.